The molecular formula is C20H23N3O2S. The standard InChI is InChI=1S/C20H23N3O2S/c1-13-5-3-4-6-17(13)22-19(24)12-26-20-15(11-21)9-14-10-16(25-2)7-8-18(14)23-20/h7-10,13,17H,3-6,12H2,1-2H3,(H,22,24)/t13-,17+/m0/s1. The van der Waals surface area contributed by atoms with Gasteiger partial charge in [0.25, 0.3) is 0 Å². The summed E-state index contributed by atoms with van der Waals surface area (Å²) in [5.74, 6) is 1.53. The predicted octanol–water partition coefficient (Wildman–Crippen LogP) is 3.90. The zero-order valence-electron chi connectivity index (χ0n) is 15.1. The van der Waals surface area contributed by atoms with E-state index < -0.39 is 0 Å². The maximum absolute atomic E-state index is 12.3. The normalized spacial score (nSPS) is 19.7. The monoisotopic (exact) mass is 369 g/mol. The number of fused-ring (bicyclic) bond motifs is 1. The van der Waals surface area contributed by atoms with E-state index in [1.54, 1.807) is 13.2 Å². The molecule has 1 aliphatic carbocycles. The van der Waals surface area contributed by atoms with Crippen molar-refractivity contribution in [2.75, 3.05) is 12.9 Å². The number of pyridine rings is 1. The number of nitriles is 1. The minimum absolute atomic E-state index is 0.00858. The van der Waals surface area contributed by atoms with Crippen LogP contribution in [0.3, 0.4) is 0 Å². The third kappa shape index (κ3) is 4.28. The van der Waals surface area contributed by atoms with Gasteiger partial charge in [0.05, 0.1) is 23.9 Å². The lowest BCUT2D eigenvalue weighted by Gasteiger charge is -2.29. The predicted molar refractivity (Wildman–Crippen MR) is 103 cm³/mol. The maximum Gasteiger partial charge on any atom is 0.230 e. The highest BCUT2D eigenvalue weighted by Gasteiger charge is 2.23. The van der Waals surface area contributed by atoms with Crippen LogP contribution in [0.5, 0.6) is 5.75 Å². The summed E-state index contributed by atoms with van der Waals surface area (Å²) in [4.78, 5) is 16.9. The van der Waals surface area contributed by atoms with Crippen LogP contribution in [0.1, 0.15) is 38.2 Å². The summed E-state index contributed by atoms with van der Waals surface area (Å²) in [5.41, 5.74) is 1.27. The van der Waals surface area contributed by atoms with Crippen LogP contribution in [0.4, 0.5) is 0 Å². The molecule has 0 saturated heterocycles. The van der Waals surface area contributed by atoms with Gasteiger partial charge in [0.15, 0.2) is 0 Å². The molecule has 1 aromatic heterocycles. The van der Waals surface area contributed by atoms with Gasteiger partial charge in [-0.2, -0.15) is 5.26 Å². The van der Waals surface area contributed by atoms with Crippen LogP contribution in [0.25, 0.3) is 10.9 Å². The van der Waals surface area contributed by atoms with Crippen molar-refractivity contribution in [3.05, 3.63) is 29.8 Å². The highest BCUT2D eigenvalue weighted by atomic mass is 32.2. The minimum Gasteiger partial charge on any atom is -0.497 e. The summed E-state index contributed by atoms with van der Waals surface area (Å²) >= 11 is 1.32. The van der Waals surface area contributed by atoms with Crippen molar-refractivity contribution in [3.8, 4) is 11.8 Å². The number of rotatable bonds is 5. The van der Waals surface area contributed by atoms with Crippen LogP contribution in [-0.4, -0.2) is 29.8 Å². The number of carbonyl (C=O) groups is 1. The molecule has 1 heterocycles. The molecule has 1 saturated carbocycles. The fourth-order valence-corrected chi connectivity index (χ4v) is 4.14. The van der Waals surface area contributed by atoms with Gasteiger partial charge in [0.2, 0.25) is 5.91 Å². The third-order valence-electron chi connectivity index (χ3n) is 4.91. The first-order valence-corrected chi connectivity index (χ1v) is 9.90. The first kappa shape index (κ1) is 18.5. The maximum atomic E-state index is 12.3. The highest BCUT2D eigenvalue weighted by molar-refractivity contribution is 8.00. The van der Waals surface area contributed by atoms with Gasteiger partial charge in [-0.25, -0.2) is 4.98 Å². The SMILES string of the molecule is COc1ccc2nc(SCC(=O)N[C@@H]3CCCC[C@@H]3C)c(C#N)cc2c1. The topological polar surface area (TPSA) is 75.0 Å². The number of aromatic nitrogens is 1. The fourth-order valence-electron chi connectivity index (χ4n) is 3.37. The Hall–Kier alpha value is -2.26. The number of amides is 1. The molecule has 1 aromatic carbocycles. The Bertz CT molecular complexity index is 847. The number of carbonyl (C=O) groups excluding carboxylic acids is 1. The highest BCUT2D eigenvalue weighted by Crippen LogP contribution is 2.27. The summed E-state index contributed by atoms with van der Waals surface area (Å²) in [7, 11) is 1.61. The summed E-state index contributed by atoms with van der Waals surface area (Å²) in [5, 5.41) is 14.0. The van der Waals surface area contributed by atoms with Gasteiger partial charge in [0.1, 0.15) is 16.8 Å². The lowest BCUT2D eigenvalue weighted by molar-refractivity contribution is -0.119. The third-order valence-corrected chi connectivity index (χ3v) is 5.90. The van der Waals surface area contributed by atoms with E-state index in [1.807, 2.05) is 18.2 Å². The van der Waals surface area contributed by atoms with Crippen LogP contribution < -0.4 is 10.1 Å². The zero-order valence-corrected chi connectivity index (χ0v) is 15.9. The Morgan fingerprint density at radius 3 is 2.92 bits per heavy atom. The quantitative estimate of drug-likeness (QED) is 0.809. The first-order valence-electron chi connectivity index (χ1n) is 8.91. The van der Waals surface area contributed by atoms with Crippen LogP contribution >= 0.6 is 11.8 Å². The van der Waals surface area contributed by atoms with Gasteiger partial charge in [0, 0.05) is 11.4 Å². The number of hydrogen-bond donors (Lipinski definition) is 1. The second-order valence-electron chi connectivity index (χ2n) is 6.74. The van der Waals surface area contributed by atoms with Gasteiger partial charge >= 0.3 is 0 Å². The molecular weight excluding hydrogens is 346 g/mol. The van der Waals surface area contributed by atoms with Crippen LogP contribution in [0.15, 0.2) is 29.3 Å². The summed E-state index contributed by atoms with van der Waals surface area (Å²) in [6.45, 7) is 2.20. The van der Waals surface area contributed by atoms with E-state index in [0.29, 0.717) is 16.5 Å². The molecule has 0 spiro atoms. The molecule has 6 heteroatoms. The van der Waals surface area contributed by atoms with Crippen molar-refractivity contribution in [2.45, 2.75) is 43.7 Å². The van der Waals surface area contributed by atoms with E-state index >= 15 is 0 Å². The molecule has 0 unspecified atom stereocenters. The van der Waals surface area contributed by atoms with Crippen molar-refractivity contribution in [1.29, 1.82) is 5.26 Å². The summed E-state index contributed by atoms with van der Waals surface area (Å²) in [6.07, 6.45) is 4.65. The van der Waals surface area contributed by atoms with E-state index in [9.17, 15) is 10.1 Å². The Balaban J connectivity index is 1.69. The van der Waals surface area contributed by atoms with E-state index in [0.717, 1.165) is 23.1 Å². The van der Waals surface area contributed by atoms with E-state index in [1.165, 1.54) is 31.0 Å². The summed E-state index contributed by atoms with van der Waals surface area (Å²) < 4.78 is 5.22. The number of benzene rings is 1. The van der Waals surface area contributed by atoms with Gasteiger partial charge in [-0.05, 0) is 43.0 Å². The first-order chi connectivity index (χ1) is 12.6. The number of methoxy groups -OCH3 is 1. The van der Waals surface area contributed by atoms with E-state index in [2.05, 4.69) is 23.3 Å². The van der Waals surface area contributed by atoms with E-state index in [4.69, 9.17) is 4.74 Å². The van der Waals surface area contributed by atoms with E-state index in [-0.39, 0.29) is 17.7 Å². The largest absolute Gasteiger partial charge is 0.497 e. The molecule has 136 valence electrons. The van der Waals surface area contributed by atoms with Gasteiger partial charge in [-0.3, -0.25) is 4.79 Å². The molecule has 1 aliphatic rings. The van der Waals surface area contributed by atoms with Crippen molar-refractivity contribution in [3.63, 3.8) is 0 Å². The minimum atomic E-state index is 0.00858. The smallest absolute Gasteiger partial charge is 0.230 e. The number of thioether (sulfide) groups is 1. The zero-order chi connectivity index (χ0) is 18.5. The average molecular weight is 369 g/mol. The van der Waals surface area contributed by atoms with Crippen molar-refractivity contribution in [2.24, 2.45) is 5.92 Å². The molecule has 2 aromatic rings. The van der Waals surface area contributed by atoms with Gasteiger partial charge in [-0.1, -0.05) is 31.5 Å². The Kier molecular flexibility index (Phi) is 6.00. The second-order valence-corrected chi connectivity index (χ2v) is 7.70. The molecule has 3 rings (SSSR count). The van der Waals surface area contributed by atoms with Gasteiger partial charge in [-0.15, -0.1) is 0 Å². The number of hydrogen-bond acceptors (Lipinski definition) is 5. The van der Waals surface area contributed by atoms with Crippen LogP contribution in [-0.2, 0) is 4.79 Å². The molecule has 0 bridgehead atoms. The molecule has 0 aliphatic heterocycles. The summed E-state index contributed by atoms with van der Waals surface area (Å²) in [6, 6.07) is 9.81. The molecule has 0 radical (unpaired) electrons. The molecule has 26 heavy (non-hydrogen) atoms. The Morgan fingerprint density at radius 2 is 2.19 bits per heavy atom. The molecule has 1 N–H and O–H groups in total. The van der Waals surface area contributed by atoms with Crippen molar-refractivity contribution < 1.29 is 9.53 Å². The molecule has 2 atom stereocenters. The lowest BCUT2D eigenvalue weighted by Crippen LogP contribution is -2.41. The van der Waals surface area contributed by atoms with Crippen molar-refractivity contribution >= 4 is 28.6 Å². The average Bonchev–Trinajstić information content (AvgIpc) is 2.67. The number of nitrogens with zero attached hydrogens (tertiary/aromatic N) is 2. The molecule has 1 amide bonds. The molecule has 5 nitrogen and oxygen atoms in total. The number of nitrogens with one attached hydrogen (secondary N) is 1. The second kappa shape index (κ2) is 8.41. The van der Waals surface area contributed by atoms with Crippen molar-refractivity contribution in [1.82, 2.24) is 10.3 Å². The Morgan fingerprint density at radius 1 is 1.38 bits per heavy atom. The number of ether oxygens (including phenoxy) is 1. The van der Waals surface area contributed by atoms with Gasteiger partial charge < -0.3 is 10.1 Å². The lowest BCUT2D eigenvalue weighted by atomic mass is 9.86. The van der Waals surface area contributed by atoms with Crippen LogP contribution in [0.2, 0.25) is 0 Å². The van der Waals surface area contributed by atoms with Crippen LogP contribution in [0, 0.1) is 17.2 Å². The molecule has 1 fully saturated rings. The Labute approximate surface area is 158 Å². The fraction of sp³-hybridized carbons (Fsp3) is 0.450.